The SMILES string of the molecule is CCN(Cc1nc(-c2cccs2)no1)C(=O)CCc1ccc(F)cc1. The Morgan fingerprint density at radius 2 is 2.08 bits per heavy atom. The molecular weight excluding hydrogens is 341 g/mol. The van der Waals surface area contributed by atoms with Crippen molar-refractivity contribution in [2.75, 3.05) is 6.54 Å². The number of carbonyl (C=O) groups is 1. The van der Waals surface area contributed by atoms with E-state index in [0.29, 0.717) is 31.1 Å². The number of aromatic nitrogens is 2. The summed E-state index contributed by atoms with van der Waals surface area (Å²) in [6.07, 6.45) is 0.922. The van der Waals surface area contributed by atoms with Crippen molar-refractivity contribution >= 4 is 17.2 Å². The highest BCUT2D eigenvalue weighted by Gasteiger charge is 2.17. The molecule has 0 aliphatic heterocycles. The van der Waals surface area contributed by atoms with Gasteiger partial charge in [0, 0.05) is 13.0 Å². The number of hydrogen-bond donors (Lipinski definition) is 0. The van der Waals surface area contributed by atoms with E-state index in [1.165, 1.54) is 23.5 Å². The maximum Gasteiger partial charge on any atom is 0.246 e. The van der Waals surface area contributed by atoms with Gasteiger partial charge < -0.3 is 9.42 Å². The molecule has 0 saturated carbocycles. The second-order valence-corrected chi connectivity index (χ2v) is 6.47. The van der Waals surface area contributed by atoms with Gasteiger partial charge >= 0.3 is 0 Å². The molecule has 0 N–H and O–H groups in total. The molecule has 0 aliphatic carbocycles. The summed E-state index contributed by atoms with van der Waals surface area (Å²) in [7, 11) is 0. The zero-order valence-corrected chi connectivity index (χ0v) is 14.6. The monoisotopic (exact) mass is 359 g/mol. The van der Waals surface area contributed by atoms with Crippen LogP contribution in [0.15, 0.2) is 46.3 Å². The van der Waals surface area contributed by atoms with E-state index in [9.17, 15) is 9.18 Å². The second kappa shape index (κ2) is 8.02. The average molecular weight is 359 g/mol. The number of hydrogen-bond acceptors (Lipinski definition) is 5. The van der Waals surface area contributed by atoms with Gasteiger partial charge in [0.2, 0.25) is 17.6 Å². The third-order valence-electron chi connectivity index (χ3n) is 3.81. The number of halogens is 1. The highest BCUT2D eigenvalue weighted by Crippen LogP contribution is 2.21. The molecule has 7 heteroatoms. The van der Waals surface area contributed by atoms with Crippen LogP contribution in [-0.4, -0.2) is 27.5 Å². The van der Waals surface area contributed by atoms with Crippen molar-refractivity contribution in [3.63, 3.8) is 0 Å². The zero-order valence-electron chi connectivity index (χ0n) is 13.8. The van der Waals surface area contributed by atoms with E-state index >= 15 is 0 Å². The molecular formula is C18H18FN3O2S. The minimum absolute atomic E-state index is 0.00250. The maximum absolute atomic E-state index is 12.9. The Balaban J connectivity index is 1.58. The van der Waals surface area contributed by atoms with Crippen molar-refractivity contribution < 1.29 is 13.7 Å². The number of benzene rings is 1. The van der Waals surface area contributed by atoms with Crippen LogP contribution in [0.3, 0.4) is 0 Å². The van der Waals surface area contributed by atoms with Gasteiger partial charge in [0.15, 0.2) is 0 Å². The van der Waals surface area contributed by atoms with Crippen molar-refractivity contribution in [1.82, 2.24) is 15.0 Å². The first-order chi connectivity index (χ1) is 12.2. The zero-order chi connectivity index (χ0) is 17.6. The third kappa shape index (κ3) is 4.51. The number of carbonyl (C=O) groups excluding carboxylic acids is 1. The van der Waals surface area contributed by atoms with Crippen molar-refractivity contribution in [2.45, 2.75) is 26.3 Å². The molecule has 2 heterocycles. The first kappa shape index (κ1) is 17.3. The van der Waals surface area contributed by atoms with Crippen molar-refractivity contribution in [2.24, 2.45) is 0 Å². The summed E-state index contributed by atoms with van der Waals surface area (Å²) in [6, 6.07) is 10.1. The van der Waals surface area contributed by atoms with Gasteiger partial charge in [-0.3, -0.25) is 4.79 Å². The molecule has 3 aromatic rings. The van der Waals surface area contributed by atoms with E-state index in [-0.39, 0.29) is 18.3 Å². The summed E-state index contributed by atoms with van der Waals surface area (Å²) in [6.45, 7) is 2.75. The molecule has 5 nitrogen and oxygen atoms in total. The van der Waals surface area contributed by atoms with Crippen LogP contribution in [0.4, 0.5) is 4.39 Å². The minimum Gasteiger partial charge on any atom is -0.337 e. The fourth-order valence-corrected chi connectivity index (χ4v) is 3.07. The first-order valence-electron chi connectivity index (χ1n) is 8.04. The van der Waals surface area contributed by atoms with Crippen LogP contribution in [0.25, 0.3) is 10.7 Å². The summed E-state index contributed by atoms with van der Waals surface area (Å²) in [4.78, 5) is 19.4. The largest absolute Gasteiger partial charge is 0.337 e. The summed E-state index contributed by atoms with van der Waals surface area (Å²) in [5.41, 5.74) is 0.934. The fourth-order valence-electron chi connectivity index (χ4n) is 2.43. The van der Waals surface area contributed by atoms with E-state index < -0.39 is 0 Å². The summed E-state index contributed by atoms with van der Waals surface area (Å²) >= 11 is 1.53. The molecule has 0 atom stereocenters. The Hall–Kier alpha value is -2.54. The second-order valence-electron chi connectivity index (χ2n) is 5.52. The van der Waals surface area contributed by atoms with Gasteiger partial charge in [-0.2, -0.15) is 4.98 Å². The molecule has 1 amide bonds. The van der Waals surface area contributed by atoms with Gasteiger partial charge in [-0.05, 0) is 42.5 Å². The van der Waals surface area contributed by atoms with Gasteiger partial charge in [0.1, 0.15) is 5.82 Å². The Kier molecular flexibility index (Phi) is 5.55. The van der Waals surface area contributed by atoms with Gasteiger partial charge in [-0.15, -0.1) is 11.3 Å². The smallest absolute Gasteiger partial charge is 0.246 e. The number of nitrogens with zero attached hydrogens (tertiary/aromatic N) is 3. The predicted octanol–water partition coefficient (Wildman–Crippen LogP) is 3.92. The van der Waals surface area contributed by atoms with Crippen LogP contribution in [-0.2, 0) is 17.8 Å². The molecule has 130 valence electrons. The highest BCUT2D eigenvalue weighted by molar-refractivity contribution is 7.13. The number of amides is 1. The Morgan fingerprint density at radius 1 is 1.28 bits per heavy atom. The number of aryl methyl sites for hydroxylation is 1. The summed E-state index contributed by atoms with van der Waals surface area (Å²) in [5, 5.41) is 5.91. The Bertz CT molecular complexity index is 815. The van der Waals surface area contributed by atoms with E-state index in [1.54, 1.807) is 17.0 Å². The van der Waals surface area contributed by atoms with Gasteiger partial charge in [0.05, 0.1) is 11.4 Å². The van der Waals surface area contributed by atoms with Crippen LogP contribution in [0.2, 0.25) is 0 Å². The Labute approximate surface area is 149 Å². The third-order valence-corrected chi connectivity index (χ3v) is 4.68. The van der Waals surface area contributed by atoms with Crippen LogP contribution >= 0.6 is 11.3 Å². The van der Waals surface area contributed by atoms with Crippen LogP contribution in [0.5, 0.6) is 0 Å². The lowest BCUT2D eigenvalue weighted by molar-refractivity contribution is -0.131. The fraction of sp³-hybridized carbons (Fsp3) is 0.278. The van der Waals surface area contributed by atoms with Crippen LogP contribution < -0.4 is 0 Å². The lowest BCUT2D eigenvalue weighted by Gasteiger charge is -2.18. The standard InChI is InChI=1S/C18H18FN3O2S/c1-2-22(17(23)10-7-13-5-8-14(19)9-6-13)12-16-20-18(21-24-16)15-4-3-11-25-15/h3-6,8-9,11H,2,7,10,12H2,1H3. The average Bonchev–Trinajstić information content (AvgIpc) is 3.30. The molecule has 0 spiro atoms. The minimum atomic E-state index is -0.275. The van der Waals surface area contributed by atoms with Crippen LogP contribution in [0.1, 0.15) is 24.8 Å². The molecule has 1 aromatic carbocycles. The molecule has 3 rings (SSSR count). The molecule has 0 radical (unpaired) electrons. The van der Waals surface area contributed by atoms with Gasteiger partial charge in [-0.1, -0.05) is 23.4 Å². The maximum atomic E-state index is 12.9. The molecule has 0 unspecified atom stereocenters. The van der Waals surface area contributed by atoms with E-state index in [2.05, 4.69) is 10.1 Å². The number of thiophene rings is 1. The molecule has 25 heavy (non-hydrogen) atoms. The van der Waals surface area contributed by atoms with Crippen molar-refractivity contribution in [3.05, 3.63) is 59.0 Å². The molecule has 0 bridgehead atoms. The van der Waals surface area contributed by atoms with Crippen molar-refractivity contribution in [1.29, 1.82) is 0 Å². The molecule has 0 saturated heterocycles. The van der Waals surface area contributed by atoms with E-state index in [1.807, 2.05) is 24.4 Å². The molecule has 0 aliphatic rings. The molecule has 2 aromatic heterocycles. The molecule has 0 fully saturated rings. The summed E-state index contributed by atoms with van der Waals surface area (Å²) < 4.78 is 18.2. The van der Waals surface area contributed by atoms with Gasteiger partial charge in [-0.25, -0.2) is 4.39 Å². The predicted molar refractivity (Wildman–Crippen MR) is 93.4 cm³/mol. The normalized spacial score (nSPS) is 10.8. The highest BCUT2D eigenvalue weighted by atomic mass is 32.1. The Morgan fingerprint density at radius 3 is 2.76 bits per heavy atom. The van der Waals surface area contributed by atoms with Crippen molar-refractivity contribution in [3.8, 4) is 10.7 Å². The quantitative estimate of drug-likeness (QED) is 0.641. The van der Waals surface area contributed by atoms with Gasteiger partial charge in [0.25, 0.3) is 0 Å². The first-order valence-corrected chi connectivity index (χ1v) is 8.92. The van der Waals surface area contributed by atoms with E-state index in [0.717, 1.165) is 10.4 Å². The topological polar surface area (TPSA) is 59.2 Å². The lowest BCUT2D eigenvalue weighted by Crippen LogP contribution is -2.30. The number of rotatable bonds is 7. The lowest BCUT2D eigenvalue weighted by atomic mass is 10.1. The van der Waals surface area contributed by atoms with E-state index in [4.69, 9.17) is 4.52 Å². The summed E-state index contributed by atoms with van der Waals surface area (Å²) in [5.74, 6) is 0.686. The van der Waals surface area contributed by atoms with Crippen LogP contribution in [0, 0.1) is 5.82 Å².